The van der Waals surface area contributed by atoms with Crippen molar-refractivity contribution < 1.29 is 13.9 Å². The maximum atomic E-state index is 6.46. The van der Waals surface area contributed by atoms with Crippen molar-refractivity contribution >= 4 is 8.32 Å². The zero-order chi connectivity index (χ0) is 16.3. The molecule has 0 spiro atoms. The molecule has 21 heavy (non-hydrogen) atoms. The van der Waals surface area contributed by atoms with Crippen LogP contribution in [-0.4, -0.2) is 33.9 Å². The SMILES string of the molecule is C#C[C@H](C[C@@H]1CC[C@@H](C)[C@H](O[Si](C)(C)C(C)(C)C)O1)OC. The minimum absolute atomic E-state index is 0.111. The van der Waals surface area contributed by atoms with Crippen LogP contribution in [-0.2, 0) is 13.9 Å². The van der Waals surface area contributed by atoms with Gasteiger partial charge in [0.1, 0.15) is 6.10 Å². The van der Waals surface area contributed by atoms with Gasteiger partial charge in [0.2, 0.25) is 0 Å². The molecule has 122 valence electrons. The van der Waals surface area contributed by atoms with Crippen LogP contribution in [0.2, 0.25) is 18.1 Å². The van der Waals surface area contributed by atoms with Crippen molar-refractivity contribution in [1.82, 2.24) is 0 Å². The average molecular weight is 313 g/mol. The summed E-state index contributed by atoms with van der Waals surface area (Å²) in [5.74, 6) is 3.10. The number of rotatable bonds is 5. The molecule has 0 aliphatic carbocycles. The number of methoxy groups -OCH3 is 1. The highest BCUT2D eigenvalue weighted by atomic mass is 28.4. The van der Waals surface area contributed by atoms with Crippen LogP contribution in [0.25, 0.3) is 0 Å². The van der Waals surface area contributed by atoms with Gasteiger partial charge < -0.3 is 13.9 Å². The predicted octanol–water partition coefficient (Wildman–Crippen LogP) is 4.19. The molecular weight excluding hydrogens is 280 g/mol. The lowest BCUT2D eigenvalue weighted by atomic mass is 9.96. The summed E-state index contributed by atoms with van der Waals surface area (Å²) < 4.78 is 17.9. The van der Waals surface area contributed by atoms with Crippen molar-refractivity contribution in [2.24, 2.45) is 5.92 Å². The third-order valence-electron chi connectivity index (χ3n) is 4.90. The first-order valence-electron chi connectivity index (χ1n) is 7.93. The second-order valence-electron chi connectivity index (χ2n) is 7.69. The Labute approximate surface area is 131 Å². The molecule has 0 N–H and O–H groups in total. The van der Waals surface area contributed by atoms with Gasteiger partial charge in [-0.3, -0.25) is 0 Å². The van der Waals surface area contributed by atoms with Gasteiger partial charge in [0.05, 0.1) is 6.10 Å². The van der Waals surface area contributed by atoms with Crippen LogP contribution in [0.1, 0.15) is 47.0 Å². The number of hydrogen-bond acceptors (Lipinski definition) is 3. The van der Waals surface area contributed by atoms with E-state index in [4.69, 9.17) is 20.3 Å². The highest BCUT2D eigenvalue weighted by Crippen LogP contribution is 2.40. The molecule has 1 saturated heterocycles. The van der Waals surface area contributed by atoms with E-state index in [0.29, 0.717) is 5.92 Å². The molecule has 0 saturated carbocycles. The molecule has 0 radical (unpaired) electrons. The van der Waals surface area contributed by atoms with Gasteiger partial charge in [0.25, 0.3) is 0 Å². The third kappa shape index (κ3) is 5.10. The normalized spacial score (nSPS) is 29.0. The Bertz CT molecular complexity index is 367. The van der Waals surface area contributed by atoms with Crippen LogP contribution in [0.4, 0.5) is 0 Å². The quantitative estimate of drug-likeness (QED) is 0.563. The van der Waals surface area contributed by atoms with E-state index < -0.39 is 8.32 Å². The third-order valence-corrected chi connectivity index (χ3v) is 9.33. The van der Waals surface area contributed by atoms with Crippen LogP contribution < -0.4 is 0 Å². The standard InChI is InChI=1S/C17H32O3Si/c1-9-14(18-6)12-15-11-10-13(2)16(19-15)20-21(7,8)17(3,4)5/h1,13-16H,10-12H2,2-8H3/t13-,14-,15+,16+/m1/s1. The van der Waals surface area contributed by atoms with Gasteiger partial charge in [-0.05, 0) is 31.0 Å². The molecule has 0 unspecified atom stereocenters. The zero-order valence-corrected chi connectivity index (χ0v) is 15.7. The van der Waals surface area contributed by atoms with Gasteiger partial charge in [-0.15, -0.1) is 6.42 Å². The monoisotopic (exact) mass is 312 g/mol. The van der Waals surface area contributed by atoms with E-state index in [1.165, 1.54) is 0 Å². The maximum absolute atomic E-state index is 6.46. The Balaban J connectivity index is 2.67. The van der Waals surface area contributed by atoms with Crippen LogP contribution >= 0.6 is 0 Å². The summed E-state index contributed by atoms with van der Waals surface area (Å²) in [6.07, 6.45) is 8.21. The lowest BCUT2D eigenvalue weighted by molar-refractivity contribution is -0.186. The fraction of sp³-hybridized carbons (Fsp3) is 0.882. The van der Waals surface area contributed by atoms with Gasteiger partial charge in [0.15, 0.2) is 14.6 Å². The van der Waals surface area contributed by atoms with Crippen LogP contribution in [0.15, 0.2) is 0 Å². The van der Waals surface area contributed by atoms with E-state index in [1.54, 1.807) is 7.11 Å². The van der Waals surface area contributed by atoms with E-state index in [2.05, 4.69) is 46.7 Å². The van der Waals surface area contributed by atoms with Gasteiger partial charge in [0, 0.05) is 19.4 Å². The van der Waals surface area contributed by atoms with E-state index in [1.807, 2.05) is 0 Å². The van der Waals surface area contributed by atoms with Crippen molar-refractivity contribution in [3.63, 3.8) is 0 Å². The van der Waals surface area contributed by atoms with Crippen molar-refractivity contribution in [1.29, 1.82) is 0 Å². The summed E-state index contributed by atoms with van der Waals surface area (Å²) in [6.45, 7) is 13.5. The van der Waals surface area contributed by atoms with Gasteiger partial charge >= 0.3 is 0 Å². The first-order valence-corrected chi connectivity index (χ1v) is 10.8. The molecule has 1 heterocycles. The van der Waals surface area contributed by atoms with Crippen molar-refractivity contribution in [2.45, 2.75) is 83.6 Å². The second-order valence-corrected chi connectivity index (χ2v) is 12.4. The Morgan fingerprint density at radius 3 is 2.43 bits per heavy atom. The summed E-state index contributed by atoms with van der Waals surface area (Å²) in [7, 11) is -0.164. The van der Waals surface area contributed by atoms with Crippen molar-refractivity contribution in [3.05, 3.63) is 0 Å². The van der Waals surface area contributed by atoms with Crippen molar-refractivity contribution in [3.8, 4) is 12.3 Å². The summed E-state index contributed by atoms with van der Waals surface area (Å²) in [4.78, 5) is 0. The van der Waals surface area contributed by atoms with Gasteiger partial charge in [-0.2, -0.15) is 0 Å². The minimum Gasteiger partial charge on any atom is -0.392 e. The molecule has 0 aromatic heterocycles. The maximum Gasteiger partial charge on any atom is 0.195 e. The molecule has 1 fully saturated rings. The molecule has 0 amide bonds. The fourth-order valence-electron chi connectivity index (χ4n) is 2.23. The number of hydrogen-bond donors (Lipinski definition) is 0. The predicted molar refractivity (Wildman–Crippen MR) is 89.6 cm³/mol. The van der Waals surface area contributed by atoms with Crippen molar-refractivity contribution in [2.75, 3.05) is 7.11 Å². The Kier molecular flexibility index (Phi) is 6.48. The Morgan fingerprint density at radius 1 is 1.33 bits per heavy atom. The average Bonchev–Trinajstić information content (AvgIpc) is 2.38. The summed E-state index contributed by atoms with van der Waals surface area (Å²) in [5.41, 5.74) is 0. The molecule has 4 atom stereocenters. The number of terminal acetylenes is 1. The summed E-state index contributed by atoms with van der Waals surface area (Å²) in [6, 6.07) is 0. The first-order chi connectivity index (χ1) is 9.60. The molecule has 1 aliphatic rings. The molecule has 1 aliphatic heterocycles. The lowest BCUT2D eigenvalue weighted by Gasteiger charge is -2.43. The zero-order valence-electron chi connectivity index (χ0n) is 14.7. The van der Waals surface area contributed by atoms with E-state index in [0.717, 1.165) is 19.3 Å². The van der Waals surface area contributed by atoms with E-state index in [9.17, 15) is 0 Å². The smallest absolute Gasteiger partial charge is 0.195 e. The molecular formula is C17H32O3Si. The fourth-order valence-corrected chi connectivity index (χ4v) is 3.45. The Hall–Kier alpha value is -0.343. The summed E-state index contributed by atoms with van der Waals surface area (Å²) in [5, 5.41) is 0.191. The Morgan fingerprint density at radius 2 is 1.95 bits per heavy atom. The summed E-state index contributed by atoms with van der Waals surface area (Å²) >= 11 is 0. The molecule has 0 bridgehead atoms. The highest BCUT2D eigenvalue weighted by molar-refractivity contribution is 6.74. The molecule has 3 nitrogen and oxygen atoms in total. The minimum atomic E-state index is -1.82. The van der Waals surface area contributed by atoms with E-state index >= 15 is 0 Å². The van der Waals surface area contributed by atoms with Crippen LogP contribution in [0.5, 0.6) is 0 Å². The molecule has 0 aromatic carbocycles. The topological polar surface area (TPSA) is 27.7 Å². The largest absolute Gasteiger partial charge is 0.392 e. The van der Waals surface area contributed by atoms with Crippen LogP contribution in [0, 0.1) is 18.3 Å². The number of ether oxygens (including phenoxy) is 2. The molecule has 1 rings (SSSR count). The lowest BCUT2D eigenvalue weighted by Crippen LogP contribution is -2.49. The van der Waals surface area contributed by atoms with Crippen LogP contribution in [0.3, 0.4) is 0 Å². The molecule has 0 aromatic rings. The van der Waals surface area contributed by atoms with E-state index in [-0.39, 0.29) is 23.5 Å². The molecule has 4 heteroatoms. The first kappa shape index (κ1) is 18.7. The van der Waals surface area contributed by atoms with Gasteiger partial charge in [-0.25, -0.2) is 0 Å². The second kappa shape index (κ2) is 7.28. The van der Waals surface area contributed by atoms with Gasteiger partial charge in [-0.1, -0.05) is 33.6 Å². The highest BCUT2D eigenvalue weighted by Gasteiger charge is 2.42.